The first kappa shape index (κ1) is 13.6. The Morgan fingerprint density at radius 2 is 2.00 bits per heavy atom. The first-order valence-corrected chi connectivity index (χ1v) is 6.46. The Bertz CT molecular complexity index is 528. The number of rotatable bonds is 5. The summed E-state index contributed by atoms with van der Waals surface area (Å²) in [6, 6.07) is 5.09. The summed E-state index contributed by atoms with van der Waals surface area (Å²) < 4.78 is 14.1. The molecule has 2 rings (SSSR count). The van der Waals surface area contributed by atoms with Gasteiger partial charge in [0.25, 0.3) is 0 Å². The fourth-order valence-corrected chi connectivity index (χ4v) is 2.02. The largest absolute Gasteiger partial charge is 0.306 e. The van der Waals surface area contributed by atoms with Crippen LogP contribution >= 0.6 is 0 Å². The molecule has 0 saturated carbocycles. The molecule has 0 aliphatic heterocycles. The lowest BCUT2D eigenvalue weighted by Gasteiger charge is -2.19. The summed E-state index contributed by atoms with van der Waals surface area (Å²) in [5, 5.41) is 3.34. The average molecular weight is 259 g/mol. The second-order valence-electron chi connectivity index (χ2n) is 4.58. The molecule has 2 aromatic rings. The van der Waals surface area contributed by atoms with E-state index in [2.05, 4.69) is 22.2 Å². The van der Waals surface area contributed by atoms with Crippen LogP contribution in [0.3, 0.4) is 0 Å². The monoisotopic (exact) mass is 259 g/mol. The van der Waals surface area contributed by atoms with Crippen molar-refractivity contribution in [3.63, 3.8) is 0 Å². The van der Waals surface area contributed by atoms with Crippen molar-refractivity contribution in [1.82, 2.24) is 15.3 Å². The highest BCUT2D eigenvalue weighted by Crippen LogP contribution is 2.24. The SMILES string of the molecule is CCCNC(c1cncnc1)c1ccc(C)cc1F. The molecule has 0 radical (unpaired) electrons. The number of hydrogen-bond donors (Lipinski definition) is 1. The molecular formula is C15H18FN3. The minimum Gasteiger partial charge on any atom is -0.306 e. The molecule has 1 heterocycles. The Kier molecular flexibility index (Phi) is 4.58. The molecule has 19 heavy (non-hydrogen) atoms. The van der Waals surface area contributed by atoms with Crippen LogP contribution in [-0.4, -0.2) is 16.5 Å². The quantitative estimate of drug-likeness (QED) is 0.897. The van der Waals surface area contributed by atoms with Crippen molar-refractivity contribution >= 4 is 0 Å². The summed E-state index contributed by atoms with van der Waals surface area (Å²) in [6.07, 6.45) is 5.91. The Hall–Kier alpha value is -1.81. The molecule has 0 aliphatic rings. The van der Waals surface area contributed by atoms with E-state index in [1.165, 1.54) is 6.33 Å². The highest BCUT2D eigenvalue weighted by Gasteiger charge is 2.17. The molecule has 0 amide bonds. The van der Waals surface area contributed by atoms with Gasteiger partial charge in [-0.3, -0.25) is 0 Å². The predicted molar refractivity (Wildman–Crippen MR) is 73.3 cm³/mol. The van der Waals surface area contributed by atoms with Crippen molar-refractivity contribution in [2.24, 2.45) is 0 Å². The maximum atomic E-state index is 14.1. The van der Waals surface area contributed by atoms with E-state index in [1.807, 2.05) is 19.1 Å². The smallest absolute Gasteiger partial charge is 0.128 e. The summed E-state index contributed by atoms with van der Waals surface area (Å²) in [7, 11) is 0. The molecule has 0 saturated heterocycles. The van der Waals surface area contributed by atoms with Gasteiger partial charge in [0.1, 0.15) is 12.1 Å². The van der Waals surface area contributed by atoms with E-state index in [-0.39, 0.29) is 11.9 Å². The van der Waals surface area contributed by atoms with Crippen LogP contribution in [0.25, 0.3) is 0 Å². The van der Waals surface area contributed by atoms with E-state index in [0.29, 0.717) is 5.56 Å². The van der Waals surface area contributed by atoms with Gasteiger partial charge in [-0.1, -0.05) is 19.1 Å². The Morgan fingerprint density at radius 1 is 1.26 bits per heavy atom. The van der Waals surface area contributed by atoms with Crippen LogP contribution in [0, 0.1) is 12.7 Å². The van der Waals surface area contributed by atoms with Gasteiger partial charge in [-0.25, -0.2) is 14.4 Å². The van der Waals surface area contributed by atoms with Crippen molar-refractivity contribution in [1.29, 1.82) is 0 Å². The highest BCUT2D eigenvalue weighted by atomic mass is 19.1. The lowest BCUT2D eigenvalue weighted by Crippen LogP contribution is -2.24. The van der Waals surface area contributed by atoms with Gasteiger partial charge in [0, 0.05) is 23.5 Å². The van der Waals surface area contributed by atoms with Crippen LogP contribution in [0.15, 0.2) is 36.9 Å². The first-order valence-electron chi connectivity index (χ1n) is 6.46. The summed E-state index contributed by atoms with van der Waals surface area (Å²) >= 11 is 0. The molecule has 0 fully saturated rings. The van der Waals surface area contributed by atoms with Crippen molar-refractivity contribution < 1.29 is 4.39 Å². The summed E-state index contributed by atoms with van der Waals surface area (Å²) in [5.74, 6) is -0.197. The zero-order valence-corrected chi connectivity index (χ0v) is 11.2. The summed E-state index contributed by atoms with van der Waals surface area (Å²) in [6.45, 7) is 4.77. The number of aromatic nitrogens is 2. The molecular weight excluding hydrogens is 241 g/mol. The third kappa shape index (κ3) is 3.35. The van der Waals surface area contributed by atoms with Gasteiger partial charge in [-0.05, 0) is 31.5 Å². The zero-order chi connectivity index (χ0) is 13.7. The van der Waals surface area contributed by atoms with E-state index in [0.717, 1.165) is 24.1 Å². The molecule has 100 valence electrons. The highest BCUT2D eigenvalue weighted by molar-refractivity contribution is 5.32. The molecule has 0 bridgehead atoms. The third-order valence-corrected chi connectivity index (χ3v) is 2.98. The summed E-state index contributed by atoms with van der Waals surface area (Å²) in [5.41, 5.74) is 2.42. The predicted octanol–water partition coefficient (Wildman–Crippen LogP) is 3.01. The Balaban J connectivity index is 2.37. The van der Waals surface area contributed by atoms with E-state index in [1.54, 1.807) is 18.5 Å². The number of aryl methyl sites for hydroxylation is 1. The number of benzene rings is 1. The van der Waals surface area contributed by atoms with E-state index < -0.39 is 0 Å². The number of nitrogens with one attached hydrogen (secondary N) is 1. The fourth-order valence-electron chi connectivity index (χ4n) is 2.02. The minimum absolute atomic E-state index is 0.197. The maximum absolute atomic E-state index is 14.1. The molecule has 1 N–H and O–H groups in total. The number of hydrogen-bond acceptors (Lipinski definition) is 3. The van der Waals surface area contributed by atoms with Crippen LogP contribution in [0.5, 0.6) is 0 Å². The van der Waals surface area contributed by atoms with Gasteiger partial charge in [-0.2, -0.15) is 0 Å². The molecule has 4 heteroatoms. The van der Waals surface area contributed by atoms with Crippen molar-refractivity contribution in [2.75, 3.05) is 6.54 Å². The van der Waals surface area contributed by atoms with E-state index >= 15 is 0 Å². The average Bonchev–Trinajstić information content (AvgIpc) is 2.42. The summed E-state index contributed by atoms with van der Waals surface area (Å²) in [4.78, 5) is 8.03. The second-order valence-corrected chi connectivity index (χ2v) is 4.58. The topological polar surface area (TPSA) is 37.8 Å². The van der Waals surface area contributed by atoms with Crippen molar-refractivity contribution in [3.8, 4) is 0 Å². The first-order chi connectivity index (χ1) is 9.22. The molecule has 0 spiro atoms. The van der Waals surface area contributed by atoms with Crippen LogP contribution < -0.4 is 5.32 Å². The van der Waals surface area contributed by atoms with Crippen LogP contribution in [0.2, 0.25) is 0 Å². The zero-order valence-electron chi connectivity index (χ0n) is 11.2. The Morgan fingerprint density at radius 3 is 2.63 bits per heavy atom. The lowest BCUT2D eigenvalue weighted by atomic mass is 9.99. The Labute approximate surface area is 112 Å². The van der Waals surface area contributed by atoms with Crippen molar-refractivity contribution in [3.05, 3.63) is 59.4 Å². The van der Waals surface area contributed by atoms with Gasteiger partial charge >= 0.3 is 0 Å². The molecule has 1 atom stereocenters. The molecule has 3 nitrogen and oxygen atoms in total. The van der Waals surface area contributed by atoms with E-state index in [4.69, 9.17) is 0 Å². The standard InChI is InChI=1S/C15H18FN3/c1-3-6-19-15(12-8-17-10-18-9-12)13-5-4-11(2)7-14(13)16/h4-5,7-10,15,19H,3,6H2,1-2H3. The molecule has 0 aliphatic carbocycles. The van der Waals surface area contributed by atoms with Gasteiger partial charge < -0.3 is 5.32 Å². The second kappa shape index (κ2) is 6.38. The fraction of sp³-hybridized carbons (Fsp3) is 0.333. The van der Waals surface area contributed by atoms with Crippen LogP contribution in [0.1, 0.15) is 36.1 Å². The molecule has 1 aromatic heterocycles. The van der Waals surface area contributed by atoms with Gasteiger partial charge in [-0.15, -0.1) is 0 Å². The molecule has 1 unspecified atom stereocenters. The van der Waals surface area contributed by atoms with Gasteiger partial charge in [0.15, 0.2) is 0 Å². The van der Waals surface area contributed by atoms with Crippen LogP contribution in [0.4, 0.5) is 4.39 Å². The molecule has 1 aromatic carbocycles. The van der Waals surface area contributed by atoms with Crippen LogP contribution in [-0.2, 0) is 0 Å². The van der Waals surface area contributed by atoms with Crippen molar-refractivity contribution in [2.45, 2.75) is 26.3 Å². The van der Waals surface area contributed by atoms with Gasteiger partial charge in [0.05, 0.1) is 6.04 Å². The lowest BCUT2D eigenvalue weighted by molar-refractivity contribution is 0.544. The normalized spacial score (nSPS) is 12.4. The number of halogens is 1. The maximum Gasteiger partial charge on any atom is 0.128 e. The number of nitrogens with zero attached hydrogens (tertiary/aromatic N) is 2. The van der Waals surface area contributed by atoms with E-state index in [9.17, 15) is 4.39 Å². The minimum atomic E-state index is -0.207. The third-order valence-electron chi connectivity index (χ3n) is 2.98. The van der Waals surface area contributed by atoms with Gasteiger partial charge in [0.2, 0.25) is 0 Å².